The number of aromatic hydroxyl groups is 3. The van der Waals surface area contributed by atoms with Crippen molar-refractivity contribution in [1.82, 2.24) is 37.2 Å². The Hall–Kier alpha value is -10.3. The molecular formula is C76H84Cl3N9O27. The number of benzene rings is 6. The van der Waals surface area contributed by atoms with E-state index in [9.17, 15) is 79.8 Å². The van der Waals surface area contributed by atoms with Gasteiger partial charge < -0.3 is 138 Å². The van der Waals surface area contributed by atoms with E-state index < -0.39 is 260 Å². The summed E-state index contributed by atoms with van der Waals surface area (Å²) in [5.41, 5.74) is 8.14. The van der Waals surface area contributed by atoms with Crippen molar-refractivity contribution < 1.29 is 132 Å². The SMILES string of the molecule is COC(=O)C(CNC1(C)CC(OC2C(Oc3c4cc5cc3Oc3ccc(cc3Cl)[C@@H](O)[C@@H]3NC(=O)C(NC(=O)C5NC(=O)C(CC(N)=O)NC(=O)[C@@H](NC(=O)[C@H](N)CC(C)C)C(O)c5ccc(c(Cl)c5)O4)c4ccc(O)c(c4)-c4c(O)cc(O)cc4C(C(=O)O)NC3=O)OC(CO)C(O)C2O)OC(C)C1O)OCc1ccc(Cl)cc1. The van der Waals surface area contributed by atoms with E-state index in [1.165, 1.54) is 13.0 Å². The summed E-state index contributed by atoms with van der Waals surface area (Å²) in [6.07, 6.45) is -21.1. The lowest BCUT2D eigenvalue weighted by atomic mass is 9.84. The molecule has 0 aliphatic carbocycles. The van der Waals surface area contributed by atoms with E-state index in [-0.39, 0.29) is 48.6 Å². The van der Waals surface area contributed by atoms with Crippen LogP contribution < -0.4 is 62.9 Å². The topological polar surface area (TPSA) is 566 Å². The van der Waals surface area contributed by atoms with Gasteiger partial charge in [0.1, 0.15) is 89.5 Å². The number of fused-ring (bicyclic) bond motifs is 15. The predicted molar refractivity (Wildman–Crippen MR) is 400 cm³/mol. The Labute approximate surface area is 669 Å². The number of aliphatic hydroxyl groups is 6. The molecule has 11 bridgehead atoms. The Bertz CT molecular complexity index is 4720. The van der Waals surface area contributed by atoms with Crippen LogP contribution in [0.15, 0.2) is 103 Å². The van der Waals surface area contributed by atoms with Crippen LogP contribution in [0.5, 0.6) is 46.0 Å². The average Bonchev–Trinajstić information content (AvgIpc) is 0.780. The number of nitrogens with one attached hydrogen (secondary N) is 7. The van der Waals surface area contributed by atoms with E-state index in [0.717, 1.165) is 79.9 Å². The molecule has 616 valence electrons. The molecule has 7 amide bonds. The van der Waals surface area contributed by atoms with Gasteiger partial charge in [0.2, 0.25) is 53.4 Å². The van der Waals surface area contributed by atoms with Crippen LogP contribution in [0.3, 0.4) is 0 Å². The molecule has 39 heteroatoms. The number of nitrogens with two attached hydrogens (primary N) is 2. The largest absolute Gasteiger partial charge is 0.508 e. The summed E-state index contributed by atoms with van der Waals surface area (Å²) in [7, 11) is 1.15. The maximum atomic E-state index is 16.2. The lowest BCUT2D eigenvalue weighted by Gasteiger charge is -2.48. The summed E-state index contributed by atoms with van der Waals surface area (Å²) >= 11 is 20.3. The van der Waals surface area contributed by atoms with Crippen molar-refractivity contribution in [2.24, 2.45) is 17.4 Å². The number of carbonyl (C=O) groups excluding carboxylic acids is 8. The fourth-order valence-electron chi connectivity index (χ4n) is 13.9. The molecule has 0 aromatic heterocycles. The fraction of sp³-hybridized carbons (Fsp3) is 0.408. The van der Waals surface area contributed by atoms with E-state index in [4.69, 9.17) is 84.2 Å². The van der Waals surface area contributed by atoms with Gasteiger partial charge in [-0.15, -0.1) is 0 Å². The van der Waals surface area contributed by atoms with Gasteiger partial charge in [0.05, 0.1) is 55.0 Å². The maximum Gasteiger partial charge on any atom is 0.336 e. The summed E-state index contributed by atoms with van der Waals surface area (Å²) in [6, 6.07) is 5.06. The van der Waals surface area contributed by atoms with Crippen LogP contribution in [0, 0.1) is 5.92 Å². The Morgan fingerprint density at radius 3 is 1.92 bits per heavy atom. The number of carboxylic acids is 1. The first kappa shape index (κ1) is 85.6. The summed E-state index contributed by atoms with van der Waals surface area (Å²) in [6.45, 7) is 5.15. The Kier molecular flexibility index (Phi) is 26.7. The highest BCUT2D eigenvalue weighted by Gasteiger charge is 2.53. The van der Waals surface area contributed by atoms with Gasteiger partial charge in [-0.3, -0.25) is 33.6 Å². The lowest BCUT2D eigenvalue weighted by Crippen LogP contribution is -2.66. The van der Waals surface area contributed by atoms with Gasteiger partial charge in [-0.25, -0.2) is 9.59 Å². The van der Waals surface area contributed by atoms with Crippen LogP contribution in [-0.2, 0) is 73.4 Å². The number of phenolic OH excluding ortho intramolecular Hbond substituents is 3. The molecule has 6 aromatic rings. The summed E-state index contributed by atoms with van der Waals surface area (Å²) in [5, 5.41) is 133. The molecule has 0 saturated carbocycles. The normalized spacial score (nSPS) is 27.5. The number of halogens is 3. The number of methoxy groups -OCH3 is 1. The number of hydrogen-bond acceptors (Lipinski definition) is 28. The van der Waals surface area contributed by atoms with Crippen LogP contribution in [0.1, 0.15) is 111 Å². The minimum absolute atomic E-state index is 0.0554. The summed E-state index contributed by atoms with van der Waals surface area (Å²) in [5.74, 6) is -17.5. The number of ether oxygens (including phenoxy) is 8. The number of hydrogen-bond donors (Lipinski definition) is 19. The maximum absolute atomic E-state index is 16.2. The van der Waals surface area contributed by atoms with Crippen molar-refractivity contribution in [3.05, 3.63) is 152 Å². The first-order chi connectivity index (χ1) is 54.4. The smallest absolute Gasteiger partial charge is 0.336 e. The van der Waals surface area contributed by atoms with Gasteiger partial charge >= 0.3 is 11.9 Å². The van der Waals surface area contributed by atoms with Crippen molar-refractivity contribution in [2.75, 3.05) is 20.3 Å². The van der Waals surface area contributed by atoms with E-state index in [1.54, 1.807) is 45.0 Å². The van der Waals surface area contributed by atoms with Crippen LogP contribution in [0.2, 0.25) is 15.1 Å². The molecule has 6 aromatic carbocycles. The third-order valence-corrected chi connectivity index (χ3v) is 20.8. The Morgan fingerprint density at radius 2 is 1.31 bits per heavy atom. The molecule has 36 nitrogen and oxygen atoms in total. The number of aliphatic carboxylic acids is 1. The quantitative estimate of drug-likeness (QED) is 0.0515. The standard InChI is InChI=1S/C76H84Cl3N9O27/c1-29(2)16-42(80)67(99)87-58-60(94)33-9-14-46(40(78)18-33)111-48-20-35-21-49(64(48)115-75-65(63(97)62(96)51(27-89)113-75)114-53-25-76(4,66(98)30(3)110-53)82-26-50(74(107)108-5)109-28-31-6-11-36(77)12-7-31)112-47-15-10-34(19-41(47)79)61(95)59-72(104)86-57(73(105)106)39-22-37(90)23-45(92)54(39)38-17-32(8-13-44(38)91)55(69(101)88-59)85-70(102)56(35)84-68(100)43(24-52(81)93)83-71(58)103/h6-15,17-23,29-30,42-43,50-51,53,55-63,65-66,75,82,89-92,94-98H,16,24-28,80H2,1-5H3,(H2,81,93)(H,83,103)(H,84,100)(H,85,102)(H,86,104)(H,87,99)(H,88,101)(H,105,106)/t30?,42-,43?,50?,51?,53?,55?,56?,57?,58+,59+,60?,61-,62?,63?,65?,66?,75?,76?/m1/s1. The molecule has 0 spiro atoms. The average molecular weight is 1660 g/mol. The minimum atomic E-state index is -2.40. The van der Waals surface area contributed by atoms with Crippen LogP contribution in [0.4, 0.5) is 0 Å². The Morgan fingerprint density at radius 1 is 0.696 bits per heavy atom. The van der Waals surface area contributed by atoms with Crippen molar-refractivity contribution in [3.63, 3.8) is 0 Å². The molecule has 21 N–H and O–H groups in total. The summed E-state index contributed by atoms with van der Waals surface area (Å²) < 4.78 is 50.2. The molecule has 7 heterocycles. The van der Waals surface area contributed by atoms with Gasteiger partial charge in [0, 0.05) is 46.3 Å². The zero-order valence-electron chi connectivity index (χ0n) is 61.7. The van der Waals surface area contributed by atoms with Gasteiger partial charge in [0.25, 0.3) is 0 Å². The Balaban J connectivity index is 1.11. The number of rotatable bonds is 19. The number of aliphatic hydroxyl groups excluding tert-OH is 6. The van der Waals surface area contributed by atoms with E-state index in [0.29, 0.717) is 10.6 Å². The van der Waals surface area contributed by atoms with Crippen LogP contribution in [-0.4, -0.2) is 210 Å². The molecule has 7 aliphatic rings. The minimum Gasteiger partial charge on any atom is -0.508 e. The second-order valence-electron chi connectivity index (χ2n) is 28.7. The number of carboxylic acid groups (broad SMARTS) is 1. The number of carbonyl (C=O) groups is 9. The monoisotopic (exact) mass is 1660 g/mol. The van der Waals surface area contributed by atoms with Crippen molar-refractivity contribution in [3.8, 4) is 57.1 Å². The molecule has 2 saturated heterocycles. The molecule has 13 rings (SSSR count). The van der Waals surface area contributed by atoms with Crippen molar-refractivity contribution in [1.29, 1.82) is 0 Å². The zero-order chi connectivity index (χ0) is 83.5. The second-order valence-corrected chi connectivity index (χ2v) is 30.0. The van der Waals surface area contributed by atoms with Gasteiger partial charge in [-0.1, -0.05) is 79.0 Å². The third-order valence-electron chi connectivity index (χ3n) is 19.9. The van der Waals surface area contributed by atoms with Crippen LogP contribution >= 0.6 is 34.8 Å². The molecule has 115 heavy (non-hydrogen) atoms. The van der Waals surface area contributed by atoms with E-state index in [1.807, 2.05) is 0 Å². The van der Waals surface area contributed by atoms with Crippen molar-refractivity contribution >= 4 is 88.1 Å². The third kappa shape index (κ3) is 19.2. The highest BCUT2D eigenvalue weighted by atomic mass is 35.5. The summed E-state index contributed by atoms with van der Waals surface area (Å²) in [4.78, 5) is 131. The zero-order valence-corrected chi connectivity index (χ0v) is 64.0. The lowest BCUT2D eigenvalue weighted by molar-refractivity contribution is -0.334. The molecule has 15 unspecified atom stereocenters. The van der Waals surface area contributed by atoms with Gasteiger partial charge in [-0.05, 0) is 121 Å². The molecular weight excluding hydrogens is 1580 g/mol. The number of primary amides is 1. The molecule has 7 aliphatic heterocycles. The number of amides is 7. The molecule has 2 fully saturated rings. The van der Waals surface area contributed by atoms with Crippen molar-refractivity contribution in [2.45, 2.75) is 169 Å². The fourth-order valence-corrected chi connectivity index (χ4v) is 14.5. The second kappa shape index (κ2) is 35.9. The van der Waals surface area contributed by atoms with E-state index >= 15 is 14.4 Å². The first-order valence-corrected chi connectivity index (χ1v) is 37.0. The molecule has 0 radical (unpaired) electrons. The predicted octanol–water partition coefficient (Wildman–Crippen LogP) is 1.89. The molecule has 19 atom stereocenters. The number of esters is 1. The first-order valence-electron chi connectivity index (χ1n) is 35.9. The van der Waals surface area contributed by atoms with Crippen LogP contribution in [0.25, 0.3) is 11.1 Å². The highest BCUT2D eigenvalue weighted by molar-refractivity contribution is 6.32. The highest BCUT2D eigenvalue weighted by Crippen LogP contribution is 2.50. The van der Waals surface area contributed by atoms with Gasteiger partial charge in [0.15, 0.2) is 36.0 Å². The number of phenols is 3. The van der Waals surface area contributed by atoms with Gasteiger partial charge in [-0.2, -0.15) is 0 Å². The van der Waals surface area contributed by atoms with E-state index in [2.05, 4.69) is 37.2 Å².